The molecule has 1 heterocycles. The van der Waals surface area contributed by atoms with Crippen LogP contribution in [0.2, 0.25) is 0 Å². The lowest BCUT2D eigenvalue weighted by molar-refractivity contribution is -0.124. The van der Waals surface area contributed by atoms with E-state index < -0.39 is 0 Å². The van der Waals surface area contributed by atoms with Crippen molar-refractivity contribution in [3.8, 4) is 0 Å². The van der Waals surface area contributed by atoms with Crippen LogP contribution in [-0.2, 0) is 4.79 Å². The van der Waals surface area contributed by atoms with Gasteiger partial charge in [-0.05, 0) is 86.0 Å². The number of rotatable bonds is 2. The van der Waals surface area contributed by atoms with E-state index in [0.29, 0.717) is 29.9 Å². The summed E-state index contributed by atoms with van der Waals surface area (Å²) < 4.78 is 13.1. The molecule has 6 heteroatoms. The molecule has 1 aliphatic heterocycles. The molecule has 5 nitrogen and oxygen atoms in total. The molecule has 31 heavy (non-hydrogen) atoms. The topological polar surface area (TPSA) is 70.2 Å². The van der Waals surface area contributed by atoms with Crippen LogP contribution in [-0.4, -0.2) is 18.0 Å². The van der Waals surface area contributed by atoms with Gasteiger partial charge in [0.15, 0.2) is 0 Å². The maximum atomic E-state index is 13.1. The van der Waals surface area contributed by atoms with Gasteiger partial charge < -0.3 is 16.0 Å². The summed E-state index contributed by atoms with van der Waals surface area (Å²) in [5, 5.41) is 9.23. The Morgan fingerprint density at radius 3 is 2.65 bits per heavy atom. The number of piperidine rings is 1. The molecule has 1 saturated heterocycles. The van der Waals surface area contributed by atoms with Gasteiger partial charge in [-0.2, -0.15) is 0 Å². The summed E-state index contributed by atoms with van der Waals surface area (Å²) >= 11 is 0. The molecule has 3 aliphatic carbocycles. The Labute approximate surface area is 183 Å². The Hall–Kier alpha value is -2.37. The molecular weight excluding hydrogens is 393 g/mol. The zero-order valence-electron chi connectivity index (χ0n) is 18.3. The lowest BCUT2D eigenvalue weighted by atomic mass is 9.49. The van der Waals surface area contributed by atoms with Gasteiger partial charge in [-0.1, -0.05) is 19.9 Å². The predicted molar refractivity (Wildman–Crippen MR) is 118 cm³/mol. The molecule has 3 fully saturated rings. The highest BCUT2D eigenvalue weighted by Gasteiger charge is 2.59. The quantitative estimate of drug-likeness (QED) is 0.627. The van der Waals surface area contributed by atoms with E-state index in [1.54, 1.807) is 12.1 Å². The molecule has 5 rings (SSSR count). The van der Waals surface area contributed by atoms with Crippen molar-refractivity contribution in [1.82, 2.24) is 10.6 Å². The molecule has 0 spiro atoms. The first-order valence-electron chi connectivity index (χ1n) is 11.6. The Morgan fingerprint density at radius 1 is 1.10 bits per heavy atom. The van der Waals surface area contributed by atoms with E-state index in [1.807, 2.05) is 0 Å². The van der Waals surface area contributed by atoms with Crippen LogP contribution >= 0.6 is 0 Å². The predicted octanol–water partition coefficient (Wildman–Crippen LogP) is 4.96. The van der Waals surface area contributed by atoms with Gasteiger partial charge in [0.05, 0.1) is 0 Å². The fourth-order valence-corrected chi connectivity index (χ4v) is 7.29. The maximum absolute atomic E-state index is 13.1. The number of hydrogen-bond donors (Lipinski definition) is 3. The van der Waals surface area contributed by atoms with Crippen molar-refractivity contribution in [2.24, 2.45) is 28.6 Å². The number of carbonyl (C=O) groups is 2. The number of allylic oxidation sites excluding steroid dienone is 2. The van der Waals surface area contributed by atoms with Crippen LogP contribution in [0.1, 0.15) is 58.8 Å². The second-order valence-electron chi connectivity index (χ2n) is 10.5. The van der Waals surface area contributed by atoms with Gasteiger partial charge in [-0.15, -0.1) is 0 Å². The molecule has 0 aromatic heterocycles. The van der Waals surface area contributed by atoms with Crippen molar-refractivity contribution in [3.05, 3.63) is 41.9 Å². The summed E-state index contributed by atoms with van der Waals surface area (Å²) in [5.41, 5.74) is 1.91. The Morgan fingerprint density at radius 2 is 1.87 bits per heavy atom. The number of carbonyl (C=O) groups excluding carboxylic acids is 2. The van der Waals surface area contributed by atoms with Crippen LogP contribution in [0, 0.1) is 34.4 Å². The Kier molecular flexibility index (Phi) is 4.87. The van der Waals surface area contributed by atoms with Crippen LogP contribution < -0.4 is 16.0 Å². The zero-order chi connectivity index (χ0) is 21.8. The van der Waals surface area contributed by atoms with Gasteiger partial charge >= 0.3 is 6.03 Å². The Bertz CT molecular complexity index is 929. The second kappa shape index (κ2) is 7.35. The molecule has 6 atom stereocenters. The molecule has 2 saturated carbocycles. The third-order valence-corrected chi connectivity index (χ3v) is 9.02. The third kappa shape index (κ3) is 3.35. The number of halogens is 1. The smallest absolute Gasteiger partial charge is 0.319 e. The van der Waals surface area contributed by atoms with Crippen molar-refractivity contribution >= 4 is 17.6 Å². The molecule has 4 aliphatic rings. The number of hydrogen-bond acceptors (Lipinski definition) is 2. The molecule has 1 aromatic carbocycles. The van der Waals surface area contributed by atoms with Crippen molar-refractivity contribution in [2.45, 2.75) is 64.8 Å². The fraction of sp³-hybridized carbons (Fsp3) is 0.600. The molecular formula is C25H32FN3O2. The summed E-state index contributed by atoms with van der Waals surface area (Å²) in [4.78, 5) is 24.6. The van der Waals surface area contributed by atoms with Crippen molar-refractivity contribution in [1.29, 1.82) is 0 Å². The van der Waals surface area contributed by atoms with Gasteiger partial charge in [0, 0.05) is 29.3 Å². The monoisotopic (exact) mass is 425 g/mol. The van der Waals surface area contributed by atoms with Gasteiger partial charge in [-0.3, -0.25) is 4.79 Å². The molecule has 3 N–H and O–H groups in total. The van der Waals surface area contributed by atoms with Gasteiger partial charge in [-0.25, -0.2) is 9.18 Å². The molecule has 3 amide bonds. The third-order valence-electron chi connectivity index (χ3n) is 9.02. The lowest BCUT2D eigenvalue weighted by Crippen LogP contribution is -2.55. The number of fused-ring (bicyclic) bond motifs is 5. The van der Waals surface area contributed by atoms with E-state index in [4.69, 9.17) is 0 Å². The summed E-state index contributed by atoms with van der Waals surface area (Å²) in [7, 11) is 0. The molecule has 0 radical (unpaired) electrons. The normalized spacial score (nSPS) is 38.8. The van der Waals surface area contributed by atoms with Gasteiger partial charge in [0.25, 0.3) is 0 Å². The van der Waals surface area contributed by atoms with E-state index in [-0.39, 0.29) is 34.6 Å². The van der Waals surface area contributed by atoms with Gasteiger partial charge in [0.2, 0.25) is 5.91 Å². The van der Waals surface area contributed by atoms with Crippen LogP contribution in [0.3, 0.4) is 0 Å². The van der Waals surface area contributed by atoms with E-state index in [0.717, 1.165) is 44.2 Å². The largest absolute Gasteiger partial charge is 0.335 e. The number of benzene rings is 1. The highest BCUT2D eigenvalue weighted by atomic mass is 19.1. The van der Waals surface area contributed by atoms with Crippen LogP contribution in [0.4, 0.5) is 14.9 Å². The van der Waals surface area contributed by atoms with Crippen LogP contribution in [0.25, 0.3) is 0 Å². The number of amides is 3. The minimum atomic E-state index is -0.315. The number of anilines is 1. The summed E-state index contributed by atoms with van der Waals surface area (Å²) in [5.74, 6) is 1.62. The van der Waals surface area contributed by atoms with Crippen molar-refractivity contribution < 1.29 is 14.0 Å². The van der Waals surface area contributed by atoms with Crippen LogP contribution in [0.5, 0.6) is 0 Å². The molecule has 166 valence electrons. The number of urea groups is 1. The van der Waals surface area contributed by atoms with Crippen molar-refractivity contribution in [3.63, 3.8) is 0 Å². The summed E-state index contributed by atoms with van der Waals surface area (Å²) in [6, 6.07) is 5.78. The minimum absolute atomic E-state index is 0.0730. The van der Waals surface area contributed by atoms with Crippen LogP contribution in [0.15, 0.2) is 36.0 Å². The standard InChI is InChI=1S/C25H32FN3O2/c1-24-13-11-19-17(7-9-20-25(19,2)14-12-22(30)28-20)18(24)8-10-21(24)29-23(31)27-16-5-3-15(26)4-6-16/h3-6,9,17-19,21H,7-8,10-14H2,1-2H3,(H,28,30)(H2,27,29,31)/t17-,18-,19+,21?,24-,25+/m0/s1. The molecule has 1 unspecified atom stereocenters. The number of nitrogens with one attached hydrogen (secondary N) is 3. The average molecular weight is 426 g/mol. The first-order chi connectivity index (χ1) is 14.8. The maximum Gasteiger partial charge on any atom is 0.319 e. The fourth-order valence-electron chi connectivity index (χ4n) is 7.29. The summed E-state index contributed by atoms with van der Waals surface area (Å²) in [6.45, 7) is 4.70. The van der Waals surface area contributed by atoms with E-state index >= 15 is 0 Å². The van der Waals surface area contributed by atoms with E-state index in [1.165, 1.54) is 12.1 Å². The zero-order valence-corrected chi connectivity index (χ0v) is 18.3. The van der Waals surface area contributed by atoms with E-state index in [2.05, 4.69) is 35.9 Å². The first-order valence-corrected chi connectivity index (χ1v) is 11.6. The lowest BCUT2D eigenvalue weighted by Gasteiger charge is -2.57. The highest BCUT2D eigenvalue weighted by Crippen LogP contribution is 2.63. The summed E-state index contributed by atoms with van der Waals surface area (Å²) in [6.07, 6.45) is 9.21. The Balaban J connectivity index is 1.30. The minimum Gasteiger partial charge on any atom is -0.335 e. The van der Waals surface area contributed by atoms with Gasteiger partial charge in [0.1, 0.15) is 5.82 Å². The molecule has 0 bridgehead atoms. The first kappa shape index (κ1) is 20.5. The molecule has 1 aromatic rings. The second-order valence-corrected chi connectivity index (χ2v) is 10.5. The average Bonchev–Trinajstić information content (AvgIpc) is 3.06. The van der Waals surface area contributed by atoms with E-state index in [9.17, 15) is 14.0 Å². The SMILES string of the molecule is C[C@]12CCC(=O)NC1=CC[C@@H]1[C@H]2CC[C@]2(C)C(NC(=O)Nc3ccc(F)cc3)CC[C@@H]12. The highest BCUT2D eigenvalue weighted by molar-refractivity contribution is 5.89. The van der Waals surface area contributed by atoms with Crippen molar-refractivity contribution in [2.75, 3.05) is 5.32 Å².